The van der Waals surface area contributed by atoms with Crippen molar-refractivity contribution in [1.82, 2.24) is 9.62 Å². The van der Waals surface area contributed by atoms with E-state index in [2.05, 4.69) is 14.9 Å². The number of carbonyl (C=O) groups excluding carboxylic acids is 1. The summed E-state index contributed by atoms with van der Waals surface area (Å²) in [5.41, 5.74) is 0.890. The van der Waals surface area contributed by atoms with E-state index >= 15 is 0 Å². The van der Waals surface area contributed by atoms with E-state index in [1.54, 1.807) is 23.9 Å². The molecule has 13 heteroatoms. The Bertz CT molecular complexity index is 1690. The predicted molar refractivity (Wildman–Crippen MR) is 200 cm³/mol. The fraction of sp³-hybridized carbons (Fsp3) is 0.486. The first-order chi connectivity index (χ1) is 24.0. The summed E-state index contributed by atoms with van der Waals surface area (Å²) >= 11 is 1.64. The minimum absolute atomic E-state index is 0.0797. The largest absolute Gasteiger partial charge is 0.378 e. The van der Waals surface area contributed by atoms with Crippen LogP contribution in [0.2, 0.25) is 0 Å². The monoisotopic (exact) mass is 723 g/mol. The summed E-state index contributed by atoms with van der Waals surface area (Å²) < 4.78 is 34.8. The molecule has 3 aromatic carbocycles. The minimum atomic E-state index is -4.40. The number of methoxy groups -OCH3 is 1. The van der Waals surface area contributed by atoms with Crippen LogP contribution in [0.25, 0.3) is 0 Å². The van der Waals surface area contributed by atoms with E-state index in [4.69, 9.17) is 4.74 Å². The van der Waals surface area contributed by atoms with Gasteiger partial charge in [-0.3, -0.25) is 14.9 Å². The maximum Gasteiger partial charge on any atom is 0.293 e. The number of nitrogens with one attached hydrogen (secondary N) is 2. The van der Waals surface area contributed by atoms with Crippen molar-refractivity contribution in [3.63, 3.8) is 0 Å². The first-order valence-corrected chi connectivity index (χ1v) is 19.8. The summed E-state index contributed by atoms with van der Waals surface area (Å²) in [6.07, 6.45) is 8.89. The number of nitro benzene ring substituents is 1. The third-order valence-corrected chi connectivity index (χ3v) is 12.5. The number of hydrogen-bond donors (Lipinski definition) is 2. The molecule has 1 amide bonds. The van der Waals surface area contributed by atoms with Crippen LogP contribution in [0.15, 0.2) is 82.6 Å². The molecule has 1 saturated carbocycles. The molecule has 0 radical (unpaired) electrons. The smallest absolute Gasteiger partial charge is 0.293 e. The molecule has 50 heavy (non-hydrogen) atoms. The van der Waals surface area contributed by atoms with Gasteiger partial charge in [0.25, 0.3) is 21.6 Å². The molecule has 270 valence electrons. The fourth-order valence-corrected chi connectivity index (χ4v) is 9.10. The summed E-state index contributed by atoms with van der Waals surface area (Å²) in [5, 5.41) is 15.4. The topological polar surface area (TPSA) is 134 Å². The Morgan fingerprint density at radius 2 is 1.72 bits per heavy atom. The van der Waals surface area contributed by atoms with Gasteiger partial charge in [-0.25, -0.2) is 13.1 Å². The number of carbonyl (C=O) groups is 1. The summed E-state index contributed by atoms with van der Waals surface area (Å²) in [6, 6.07) is 20.3. The van der Waals surface area contributed by atoms with E-state index in [0.717, 1.165) is 49.1 Å². The van der Waals surface area contributed by atoms with Gasteiger partial charge < -0.3 is 19.9 Å². The molecule has 1 atom stereocenters. The van der Waals surface area contributed by atoms with Gasteiger partial charge in [0.05, 0.1) is 15.4 Å². The summed E-state index contributed by atoms with van der Waals surface area (Å²) in [5.74, 6) is 0.438. The van der Waals surface area contributed by atoms with Crippen molar-refractivity contribution in [2.75, 3.05) is 56.8 Å². The number of hydrogen-bond acceptors (Lipinski definition) is 10. The van der Waals surface area contributed by atoms with Gasteiger partial charge in [-0.05, 0) is 107 Å². The highest BCUT2D eigenvalue weighted by atomic mass is 32.2. The highest BCUT2D eigenvalue weighted by Gasteiger charge is 2.42. The molecule has 2 N–H and O–H groups in total. The molecule has 1 unspecified atom stereocenters. The van der Waals surface area contributed by atoms with Crippen LogP contribution >= 0.6 is 11.8 Å². The van der Waals surface area contributed by atoms with Crippen molar-refractivity contribution in [3.05, 3.63) is 88.5 Å². The zero-order valence-corrected chi connectivity index (χ0v) is 30.8. The first-order valence-electron chi connectivity index (χ1n) is 17.3. The zero-order valence-electron chi connectivity index (χ0n) is 29.2. The van der Waals surface area contributed by atoms with Crippen molar-refractivity contribution in [1.29, 1.82) is 0 Å². The Labute approximate surface area is 300 Å². The van der Waals surface area contributed by atoms with Crippen LogP contribution in [0.4, 0.5) is 17.1 Å². The maximum atomic E-state index is 13.3. The summed E-state index contributed by atoms with van der Waals surface area (Å²) in [4.78, 5) is 29.6. The van der Waals surface area contributed by atoms with Crippen LogP contribution in [0, 0.1) is 16.0 Å². The molecular formula is C37H49N5O6S2. The van der Waals surface area contributed by atoms with Gasteiger partial charge >= 0.3 is 0 Å². The molecule has 3 aromatic rings. The summed E-state index contributed by atoms with van der Waals surface area (Å²) in [6.45, 7) is 2.44. The quantitative estimate of drug-likeness (QED) is 0.0980. The van der Waals surface area contributed by atoms with E-state index in [0.29, 0.717) is 18.1 Å². The number of sulfonamides is 1. The fourth-order valence-electron chi connectivity index (χ4n) is 7.11. The van der Waals surface area contributed by atoms with Crippen LogP contribution < -0.4 is 14.9 Å². The molecule has 1 aliphatic heterocycles. The van der Waals surface area contributed by atoms with Gasteiger partial charge in [-0.2, -0.15) is 0 Å². The van der Waals surface area contributed by atoms with Gasteiger partial charge in [0.15, 0.2) is 0 Å². The lowest BCUT2D eigenvalue weighted by atomic mass is 9.72. The Kier molecular flexibility index (Phi) is 12.8. The van der Waals surface area contributed by atoms with Crippen LogP contribution in [-0.4, -0.2) is 82.4 Å². The molecule has 1 heterocycles. The van der Waals surface area contributed by atoms with Crippen LogP contribution in [-0.2, 0) is 14.8 Å². The van der Waals surface area contributed by atoms with E-state index in [1.807, 2.05) is 68.6 Å². The van der Waals surface area contributed by atoms with E-state index < -0.39 is 20.9 Å². The highest BCUT2D eigenvalue weighted by molar-refractivity contribution is 7.99. The molecular weight excluding hydrogens is 675 g/mol. The Morgan fingerprint density at radius 1 is 1.04 bits per heavy atom. The van der Waals surface area contributed by atoms with Crippen molar-refractivity contribution in [2.45, 2.75) is 72.8 Å². The Morgan fingerprint density at radius 3 is 2.34 bits per heavy atom. The first kappa shape index (κ1) is 37.6. The number of ether oxygens (including phenoxy) is 1. The Hall–Kier alpha value is -3.65. The van der Waals surface area contributed by atoms with Gasteiger partial charge in [0.2, 0.25) is 0 Å². The third kappa shape index (κ3) is 9.56. The standard InChI is InChI=1S/C37H49N5O6S2/c1-40(2)23-20-30(27-49-32-12-8-5-9-13-32)38-34-19-18-33(26-35(34)42(44)45)50(46,47)39-36(43)28-14-16-31(17-15-28)41-24-21-37(48-3,22-25-41)29-10-6-4-7-11-29/h5,8-9,12-19,26,29-30,38H,4,6-7,10-11,20-25,27H2,1-3H3,(H,39,43). The molecule has 0 spiro atoms. The van der Waals surface area contributed by atoms with E-state index in [-0.39, 0.29) is 33.5 Å². The van der Waals surface area contributed by atoms with Crippen LogP contribution in [0.1, 0.15) is 61.7 Å². The molecule has 2 fully saturated rings. The Balaban J connectivity index is 1.23. The molecule has 11 nitrogen and oxygen atoms in total. The van der Waals surface area contributed by atoms with Crippen molar-refractivity contribution >= 4 is 44.8 Å². The van der Waals surface area contributed by atoms with Crippen LogP contribution in [0.3, 0.4) is 0 Å². The lowest BCUT2D eigenvalue weighted by molar-refractivity contribution is -0.384. The molecule has 5 rings (SSSR count). The molecule has 1 aliphatic carbocycles. The number of amides is 1. The lowest BCUT2D eigenvalue weighted by Crippen LogP contribution is -2.50. The summed E-state index contributed by atoms with van der Waals surface area (Å²) in [7, 11) is 1.36. The lowest BCUT2D eigenvalue weighted by Gasteiger charge is -2.47. The van der Waals surface area contributed by atoms with Gasteiger partial charge in [-0.15, -0.1) is 11.8 Å². The molecule has 1 saturated heterocycles. The zero-order chi connectivity index (χ0) is 35.7. The number of nitro groups is 1. The third-order valence-electron chi connectivity index (χ3n) is 10.0. The number of anilines is 2. The van der Waals surface area contributed by atoms with Gasteiger partial charge in [0, 0.05) is 54.2 Å². The van der Waals surface area contributed by atoms with E-state index in [1.165, 1.54) is 44.2 Å². The highest BCUT2D eigenvalue weighted by Crippen LogP contribution is 2.42. The molecule has 2 aliphatic rings. The average molecular weight is 724 g/mol. The normalized spacial score (nSPS) is 17.3. The number of thioether (sulfide) groups is 1. The number of nitrogens with zero attached hydrogens (tertiary/aromatic N) is 3. The van der Waals surface area contributed by atoms with Crippen molar-refractivity contribution in [2.24, 2.45) is 5.92 Å². The second kappa shape index (κ2) is 17.0. The minimum Gasteiger partial charge on any atom is -0.378 e. The number of piperidine rings is 1. The predicted octanol–water partition coefficient (Wildman–Crippen LogP) is 6.80. The van der Waals surface area contributed by atoms with Crippen LogP contribution in [0.5, 0.6) is 0 Å². The molecule has 0 bridgehead atoms. The van der Waals surface area contributed by atoms with Crippen molar-refractivity contribution < 1.29 is 22.9 Å². The number of benzene rings is 3. The maximum absolute atomic E-state index is 13.3. The van der Waals surface area contributed by atoms with Gasteiger partial charge in [0.1, 0.15) is 5.69 Å². The molecule has 0 aromatic heterocycles. The number of rotatable bonds is 15. The SMILES string of the molecule is COC1(C2CCCCC2)CCN(c2ccc(C(=O)NS(=O)(=O)c3ccc(NC(CCN(C)C)CSc4ccccc4)c([N+](=O)[O-])c3)cc2)CC1. The van der Waals surface area contributed by atoms with E-state index in [9.17, 15) is 23.3 Å². The van der Waals surface area contributed by atoms with Gasteiger partial charge in [-0.1, -0.05) is 37.5 Å². The van der Waals surface area contributed by atoms with Crippen molar-refractivity contribution in [3.8, 4) is 0 Å². The average Bonchev–Trinajstić information content (AvgIpc) is 3.13. The second-order valence-electron chi connectivity index (χ2n) is 13.6. The second-order valence-corrected chi connectivity index (χ2v) is 16.3.